The maximum absolute atomic E-state index is 6.38. The molecule has 1 heterocycles. The molecule has 0 amide bonds. The van der Waals surface area contributed by atoms with E-state index in [1.54, 1.807) is 4.68 Å². The SMILES string of the molecule is CC(C)c1nn(-c2ccccc2Br)c(Cl)c1CCl. The van der Waals surface area contributed by atoms with Gasteiger partial charge in [-0.25, -0.2) is 4.68 Å². The normalized spacial score (nSPS) is 11.2. The topological polar surface area (TPSA) is 17.8 Å². The Labute approximate surface area is 125 Å². The van der Waals surface area contributed by atoms with Gasteiger partial charge in [0.15, 0.2) is 0 Å². The van der Waals surface area contributed by atoms with E-state index in [-0.39, 0.29) is 0 Å². The van der Waals surface area contributed by atoms with Crippen molar-refractivity contribution in [3.63, 3.8) is 0 Å². The number of rotatable bonds is 3. The van der Waals surface area contributed by atoms with Crippen molar-refractivity contribution in [2.45, 2.75) is 25.6 Å². The molecular weight excluding hydrogens is 335 g/mol. The second-order valence-corrected chi connectivity index (χ2v) is 5.79. The van der Waals surface area contributed by atoms with Crippen molar-refractivity contribution in [2.75, 3.05) is 0 Å². The summed E-state index contributed by atoms with van der Waals surface area (Å²) in [6.45, 7) is 4.16. The third-order valence-electron chi connectivity index (χ3n) is 2.71. The minimum absolute atomic E-state index is 0.292. The summed E-state index contributed by atoms with van der Waals surface area (Å²) in [4.78, 5) is 0. The smallest absolute Gasteiger partial charge is 0.137 e. The molecule has 0 fully saturated rings. The molecule has 0 saturated heterocycles. The molecule has 2 aromatic rings. The molecule has 0 aliphatic heterocycles. The summed E-state index contributed by atoms with van der Waals surface area (Å²) in [5, 5.41) is 5.17. The predicted molar refractivity (Wildman–Crippen MR) is 79.9 cm³/mol. The summed E-state index contributed by atoms with van der Waals surface area (Å²) < 4.78 is 2.68. The van der Waals surface area contributed by atoms with E-state index in [1.165, 1.54) is 0 Å². The molecule has 0 aliphatic carbocycles. The third kappa shape index (κ3) is 2.44. The number of hydrogen-bond donors (Lipinski definition) is 0. The van der Waals surface area contributed by atoms with Crippen molar-refractivity contribution in [3.05, 3.63) is 45.1 Å². The van der Waals surface area contributed by atoms with E-state index in [2.05, 4.69) is 34.9 Å². The minimum atomic E-state index is 0.292. The van der Waals surface area contributed by atoms with Crippen LogP contribution < -0.4 is 0 Å². The Kier molecular flexibility index (Phi) is 4.36. The molecule has 0 saturated carbocycles. The Hall–Kier alpha value is -0.510. The standard InChI is InChI=1S/C13H13BrCl2N2/c1-8(2)12-9(7-15)13(16)18(17-12)11-6-4-3-5-10(11)14/h3-6,8H,7H2,1-2H3. The summed E-state index contributed by atoms with van der Waals surface area (Å²) in [6, 6.07) is 7.83. The fourth-order valence-corrected chi connectivity index (χ4v) is 2.89. The highest BCUT2D eigenvalue weighted by molar-refractivity contribution is 9.10. The summed E-state index contributed by atoms with van der Waals surface area (Å²) in [6.07, 6.45) is 0. The van der Waals surface area contributed by atoms with Gasteiger partial charge in [0.1, 0.15) is 5.15 Å². The lowest BCUT2D eigenvalue weighted by Crippen LogP contribution is -1.99. The Morgan fingerprint density at radius 1 is 1.33 bits per heavy atom. The molecule has 1 aromatic carbocycles. The van der Waals surface area contributed by atoms with Crippen LogP contribution in [-0.4, -0.2) is 9.78 Å². The van der Waals surface area contributed by atoms with Gasteiger partial charge in [-0.3, -0.25) is 0 Å². The van der Waals surface area contributed by atoms with Crippen LogP contribution in [0.4, 0.5) is 0 Å². The lowest BCUT2D eigenvalue weighted by molar-refractivity contribution is 0.764. The average molecular weight is 348 g/mol. The van der Waals surface area contributed by atoms with Crippen LogP contribution in [0.5, 0.6) is 0 Å². The first-order chi connectivity index (χ1) is 8.56. The van der Waals surface area contributed by atoms with Crippen LogP contribution in [0.3, 0.4) is 0 Å². The quantitative estimate of drug-likeness (QED) is 0.702. The van der Waals surface area contributed by atoms with Crippen molar-refractivity contribution in [1.82, 2.24) is 9.78 Å². The van der Waals surface area contributed by atoms with E-state index in [0.29, 0.717) is 17.0 Å². The van der Waals surface area contributed by atoms with Gasteiger partial charge in [-0.2, -0.15) is 5.10 Å². The molecule has 0 bridgehead atoms. The van der Waals surface area contributed by atoms with Gasteiger partial charge in [-0.15, -0.1) is 11.6 Å². The molecule has 18 heavy (non-hydrogen) atoms. The number of hydrogen-bond acceptors (Lipinski definition) is 1. The highest BCUT2D eigenvalue weighted by Crippen LogP contribution is 2.31. The van der Waals surface area contributed by atoms with Gasteiger partial charge < -0.3 is 0 Å². The Morgan fingerprint density at radius 3 is 2.50 bits per heavy atom. The van der Waals surface area contributed by atoms with Crippen LogP contribution in [0.25, 0.3) is 5.69 Å². The van der Waals surface area contributed by atoms with E-state index in [4.69, 9.17) is 23.2 Å². The van der Waals surface area contributed by atoms with E-state index >= 15 is 0 Å². The van der Waals surface area contributed by atoms with Crippen molar-refractivity contribution in [2.24, 2.45) is 0 Å². The largest absolute Gasteiger partial charge is 0.220 e. The lowest BCUT2D eigenvalue weighted by atomic mass is 10.1. The van der Waals surface area contributed by atoms with Crippen molar-refractivity contribution in [3.8, 4) is 5.69 Å². The van der Waals surface area contributed by atoms with Gasteiger partial charge in [0.25, 0.3) is 0 Å². The predicted octanol–water partition coefficient (Wildman–Crippen LogP) is 5.15. The minimum Gasteiger partial charge on any atom is -0.220 e. The number of nitrogens with zero attached hydrogens (tertiary/aromatic N) is 2. The molecule has 0 unspecified atom stereocenters. The fraction of sp³-hybridized carbons (Fsp3) is 0.308. The second-order valence-electron chi connectivity index (χ2n) is 4.31. The van der Waals surface area contributed by atoms with Crippen molar-refractivity contribution < 1.29 is 0 Å². The van der Waals surface area contributed by atoms with E-state index in [9.17, 15) is 0 Å². The molecule has 0 aliphatic rings. The van der Waals surface area contributed by atoms with Gasteiger partial charge in [0.05, 0.1) is 17.3 Å². The maximum atomic E-state index is 6.38. The highest BCUT2D eigenvalue weighted by Gasteiger charge is 2.19. The van der Waals surface area contributed by atoms with Crippen molar-refractivity contribution >= 4 is 39.1 Å². The first-order valence-corrected chi connectivity index (χ1v) is 7.35. The molecule has 1 aromatic heterocycles. The number of alkyl halides is 1. The van der Waals surface area contributed by atoms with Crippen LogP contribution in [0.1, 0.15) is 31.0 Å². The number of aromatic nitrogens is 2. The zero-order valence-electron chi connectivity index (χ0n) is 10.1. The summed E-state index contributed by atoms with van der Waals surface area (Å²) >= 11 is 15.9. The molecule has 0 N–H and O–H groups in total. The van der Waals surface area contributed by atoms with Gasteiger partial charge in [0, 0.05) is 10.0 Å². The number of halogens is 3. The highest BCUT2D eigenvalue weighted by atomic mass is 79.9. The van der Waals surface area contributed by atoms with Crippen molar-refractivity contribution in [1.29, 1.82) is 0 Å². The van der Waals surface area contributed by atoms with Crippen LogP contribution >= 0.6 is 39.1 Å². The number of para-hydroxylation sites is 1. The van der Waals surface area contributed by atoms with Gasteiger partial charge in [-0.05, 0) is 34.0 Å². The number of benzene rings is 1. The molecule has 96 valence electrons. The van der Waals surface area contributed by atoms with Gasteiger partial charge >= 0.3 is 0 Å². The van der Waals surface area contributed by atoms with E-state index < -0.39 is 0 Å². The Balaban J connectivity index is 2.63. The zero-order valence-corrected chi connectivity index (χ0v) is 13.2. The molecular formula is C13H13BrCl2N2. The second kappa shape index (κ2) is 5.64. The zero-order chi connectivity index (χ0) is 13.3. The first kappa shape index (κ1) is 13.9. The monoisotopic (exact) mass is 346 g/mol. The molecule has 2 nitrogen and oxygen atoms in total. The third-order valence-corrected chi connectivity index (χ3v) is 4.04. The van der Waals surface area contributed by atoms with Gasteiger partial charge in [0.2, 0.25) is 0 Å². The molecule has 0 radical (unpaired) electrons. The first-order valence-electron chi connectivity index (χ1n) is 5.64. The Morgan fingerprint density at radius 2 is 2.00 bits per heavy atom. The average Bonchev–Trinajstić information content (AvgIpc) is 2.67. The lowest BCUT2D eigenvalue weighted by Gasteiger charge is -2.05. The van der Waals surface area contributed by atoms with E-state index in [0.717, 1.165) is 21.4 Å². The van der Waals surface area contributed by atoms with Crippen LogP contribution in [-0.2, 0) is 5.88 Å². The van der Waals surface area contributed by atoms with Crippen LogP contribution in [0.15, 0.2) is 28.7 Å². The summed E-state index contributed by atoms with van der Waals surface area (Å²) in [7, 11) is 0. The fourth-order valence-electron chi connectivity index (χ4n) is 1.82. The van der Waals surface area contributed by atoms with Crippen LogP contribution in [0.2, 0.25) is 5.15 Å². The maximum Gasteiger partial charge on any atom is 0.137 e. The van der Waals surface area contributed by atoms with E-state index in [1.807, 2.05) is 24.3 Å². The summed E-state index contributed by atoms with van der Waals surface area (Å²) in [5.74, 6) is 0.663. The molecule has 0 spiro atoms. The molecule has 0 atom stereocenters. The Bertz CT molecular complexity index is 564. The molecule has 2 rings (SSSR count). The van der Waals surface area contributed by atoms with Crippen LogP contribution in [0, 0.1) is 0 Å². The van der Waals surface area contributed by atoms with Gasteiger partial charge in [-0.1, -0.05) is 37.6 Å². The summed E-state index contributed by atoms with van der Waals surface area (Å²) in [5.41, 5.74) is 2.77. The molecule has 5 heteroatoms.